The van der Waals surface area contributed by atoms with Crippen LogP contribution in [0.3, 0.4) is 0 Å². The van der Waals surface area contributed by atoms with Crippen molar-refractivity contribution in [1.82, 2.24) is 10.3 Å². The minimum Gasteiger partial charge on any atom is -0.313 e. The standard InChI is InChI=1S/C9H12BrN3OS/c1-5-6(2-3-11-5)8(14)13-9-12-4-7(10)15-9/h4-6,11H,2-3H2,1H3,(H,12,13,14). The van der Waals surface area contributed by atoms with E-state index >= 15 is 0 Å². The number of carbonyl (C=O) groups is 1. The SMILES string of the molecule is CC1NCCC1C(=O)Nc1ncc(Br)s1. The highest BCUT2D eigenvalue weighted by Gasteiger charge is 2.29. The van der Waals surface area contributed by atoms with Gasteiger partial charge in [0, 0.05) is 6.04 Å². The van der Waals surface area contributed by atoms with Crippen LogP contribution in [0.2, 0.25) is 0 Å². The second-order valence-electron chi connectivity index (χ2n) is 3.60. The van der Waals surface area contributed by atoms with Crippen LogP contribution in [0.25, 0.3) is 0 Å². The highest BCUT2D eigenvalue weighted by atomic mass is 79.9. The van der Waals surface area contributed by atoms with E-state index in [1.165, 1.54) is 11.3 Å². The average molecular weight is 290 g/mol. The number of hydrogen-bond acceptors (Lipinski definition) is 4. The molecule has 1 aliphatic rings. The molecule has 0 saturated carbocycles. The van der Waals surface area contributed by atoms with Gasteiger partial charge in [0.25, 0.3) is 0 Å². The molecule has 0 spiro atoms. The minimum absolute atomic E-state index is 0.0627. The second kappa shape index (κ2) is 4.59. The van der Waals surface area contributed by atoms with E-state index in [2.05, 4.69) is 31.5 Å². The van der Waals surface area contributed by atoms with Crippen LogP contribution in [0.4, 0.5) is 5.13 Å². The summed E-state index contributed by atoms with van der Waals surface area (Å²) in [6.07, 6.45) is 2.59. The molecule has 0 radical (unpaired) electrons. The van der Waals surface area contributed by atoms with Crippen molar-refractivity contribution in [3.05, 3.63) is 9.98 Å². The first-order valence-electron chi connectivity index (χ1n) is 4.82. The van der Waals surface area contributed by atoms with E-state index in [4.69, 9.17) is 0 Å². The number of amides is 1. The molecule has 4 nitrogen and oxygen atoms in total. The summed E-state index contributed by atoms with van der Waals surface area (Å²) in [4.78, 5) is 15.9. The highest BCUT2D eigenvalue weighted by molar-refractivity contribution is 9.11. The van der Waals surface area contributed by atoms with Crippen LogP contribution in [0.1, 0.15) is 13.3 Å². The summed E-state index contributed by atoms with van der Waals surface area (Å²) in [6.45, 7) is 2.95. The first kappa shape index (κ1) is 11.0. The van der Waals surface area contributed by atoms with Crippen molar-refractivity contribution in [2.75, 3.05) is 11.9 Å². The molecule has 1 aliphatic heterocycles. The Morgan fingerprint density at radius 1 is 1.80 bits per heavy atom. The smallest absolute Gasteiger partial charge is 0.230 e. The number of aromatic nitrogens is 1. The number of anilines is 1. The van der Waals surface area contributed by atoms with Gasteiger partial charge in [-0.25, -0.2) is 4.98 Å². The van der Waals surface area contributed by atoms with Gasteiger partial charge in [0.1, 0.15) is 0 Å². The maximum absolute atomic E-state index is 11.8. The molecule has 0 aliphatic carbocycles. The lowest BCUT2D eigenvalue weighted by atomic mass is 10.0. The Balaban J connectivity index is 1.97. The number of hydrogen-bond donors (Lipinski definition) is 2. The topological polar surface area (TPSA) is 54.0 Å². The third kappa shape index (κ3) is 2.56. The van der Waals surface area contributed by atoms with E-state index in [0.29, 0.717) is 5.13 Å². The number of rotatable bonds is 2. The fourth-order valence-corrected chi connectivity index (χ4v) is 2.84. The molecule has 1 amide bonds. The van der Waals surface area contributed by atoms with Crippen molar-refractivity contribution >= 4 is 38.3 Å². The van der Waals surface area contributed by atoms with Crippen LogP contribution < -0.4 is 10.6 Å². The molecule has 6 heteroatoms. The molecule has 2 unspecified atom stereocenters. The molecule has 2 atom stereocenters. The van der Waals surface area contributed by atoms with E-state index in [-0.39, 0.29) is 17.9 Å². The summed E-state index contributed by atoms with van der Waals surface area (Å²) in [5.74, 6) is 0.127. The molecule has 0 bridgehead atoms. The molecule has 15 heavy (non-hydrogen) atoms. The van der Waals surface area contributed by atoms with E-state index in [9.17, 15) is 4.79 Å². The third-order valence-corrected chi connectivity index (χ3v) is 3.96. The Morgan fingerprint density at radius 2 is 2.60 bits per heavy atom. The maximum Gasteiger partial charge on any atom is 0.230 e. The molecule has 2 N–H and O–H groups in total. The van der Waals surface area contributed by atoms with Crippen molar-refractivity contribution in [1.29, 1.82) is 0 Å². The molecule has 1 aromatic heterocycles. The number of carbonyl (C=O) groups excluding carboxylic acids is 1. The molecule has 1 saturated heterocycles. The lowest BCUT2D eigenvalue weighted by molar-refractivity contribution is -0.119. The fourth-order valence-electron chi connectivity index (χ4n) is 1.73. The van der Waals surface area contributed by atoms with Crippen LogP contribution >= 0.6 is 27.3 Å². The first-order valence-corrected chi connectivity index (χ1v) is 6.43. The molecule has 1 fully saturated rings. The summed E-state index contributed by atoms with van der Waals surface area (Å²) in [7, 11) is 0. The quantitative estimate of drug-likeness (QED) is 0.874. The molecule has 1 aromatic rings. The van der Waals surface area contributed by atoms with E-state index in [0.717, 1.165) is 16.8 Å². The van der Waals surface area contributed by atoms with Crippen LogP contribution in [0, 0.1) is 5.92 Å². The van der Waals surface area contributed by atoms with Crippen LogP contribution in [0.5, 0.6) is 0 Å². The van der Waals surface area contributed by atoms with Crippen molar-refractivity contribution in [2.24, 2.45) is 5.92 Å². The monoisotopic (exact) mass is 289 g/mol. The van der Waals surface area contributed by atoms with Crippen molar-refractivity contribution in [3.63, 3.8) is 0 Å². The van der Waals surface area contributed by atoms with Gasteiger partial charge in [-0.05, 0) is 35.8 Å². The number of nitrogens with one attached hydrogen (secondary N) is 2. The van der Waals surface area contributed by atoms with E-state index in [1.807, 2.05) is 6.92 Å². The third-order valence-electron chi connectivity index (χ3n) is 2.57. The predicted octanol–water partition coefficient (Wildman–Crippen LogP) is 1.84. The van der Waals surface area contributed by atoms with Gasteiger partial charge in [0.15, 0.2) is 5.13 Å². The normalized spacial score (nSPS) is 25.5. The van der Waals surface area contributed by atoms with Crippen molar-refractivity contribution < 1.29 is 4.79 Å². The summed E-state index contributed by atoms with van der Waals surface area (Å²) < 4.78 is 0.926. The Morgan fingerprint density at radius 3 is 3.13 bits per heavy atom. The Kier molecular flexibility index (Phi) is 3.38. The molecule has 2 rings (SSSR count). The van der Waals surface area contributed by atoms with Crippen molar-refractivity contribution in [2.45, 2.75) is 19.4 Å². The van der Waals surface area contributed by atoms with Crippen LogP contribution in [-0.2, 0) is 4.79 Å². The molecule has 82 valence electrons. The van der Waals surface area contributed by atoms with E-state index in [1.54, 1.807) is 6.20 Å². The summed E-state index contributed by atoms with van der Waals surface area (Å²) >= 11 is 4.74. The summed E-state index contributed by atoms with van der Waals surface area (Å²) in [6, 6.07) is 0.258. The van der Waals surface area contributed by atoms with Crippen LogP contribution in [-0.4, -0.2) is 23.5 Å². The van der Waals surface area contributed by atoms with Gasteiger partial charge in [0.2, 0.25) is 5.91 Å². The first-order chi connectivity index (χ1) is 7.16. The van der Waals surface area contributed by atoms with Gasteiger partial charge >= 0.3 is 0 Å². The zero-order valence-corrected chi connectivity index (χ0v) is 10.7. The van der Waals surface area contributed by atoms with E-state index < -0.39 is 0 Å². The number of thiazole rings is 1. The Labute approximate surface area is 101 Å². The largest absolute Gasteiger partial charge is 0.313 e. The van der Waals surface area contributed by atoms with Gasteiger partial charge in [-0.1, -0.05) is 11.3 Å². The molecular formula is C9H12BrN3OS. The maximum atomic E-state index is 11.8. The second-order valence-corrected chi connectivity index (χ2v) is 6.01. The van der Waals surface area contributed by atoms with Crippen molar-refractivity contribution in [3.8, 4) is 0 Å². The molecule has 0 aromatic carbocycles. The van der Waals surface area contributed by atoms with Gasteiger partial charge in [-0.15, -0.1) is 0 Å². The zero-order chi connectivity index (χ0) is 10.8. The van der Waals surface area contributed by atoms with Gasteiger partial charge in [-0.2, -0.15) is 0 Å². The molecule has 2 heterocycles. The zero-order valence-electron chi connectivity index (χ0n) is 8.29. The van der Waals surface area contributed by atoms with Gasteiger partial charge < -0.3 is 10.6 Å². The van der Waals surface area contributed by atoms with Gasteiger partial charge in [-0.3, -0.25) is 4.79 Å². The van der Waals surface area contributed by atoms with Crippen LogP contribution in [0.15, 0.2) is 9.98 Å². The fraction of sp³-hybridized carbons (Fsp3) is 0.556. The number of halogens is 1. The summed E-state index contributed by atoms with van der Waals surface area (Å²) in [5.41, 5.74) is 0. The Hall–Kier alpha value is -0.460. The average Bonchev–Trinajstić information content (AvgIpc) is 2.75. The minimum atomic E-state index is 0.0627. The Bertz CT molecular complexity index is 368. The lowest BCUT2D eigenvalue weighted by Crippen LogP contribution is -2.31. The number of nitrogens with zero attached hydrogens (tertiary/aromatic N) is 1. The van der Waals surface area contributed by atoms with Gasteiger partial charge in [0.05, 0.1) is 15.9 Å². The lowest BCUT2D eigenvalue weighted by Gasteiger charge is -2.13. The predicted molar refractivity (Wildman–Crippen MR) is 64.0 cm³/mol. The summed E-state index contributed by atoms with van der Waals surface area (Å²) in [5, 5.41) is 6.75. The molecular weight excluding hydrogens is 278 g/mol. The highest BCUT2D eigenvalue weighted by Crippen LogP contribution is 2.24.